The lowest BCUT2D eigenvalue weighted by molar-refractivity contribution is 0.859. The number of H-pyrrole nitrogens is 1. The van der Waals surface area contributed by atoms with Crippen LogP contribution in [0.1, 0.15) is 5.82 Å². The number of nitrogens with one attached hydrogen (secondary N) is 1. The Morgan fingerprint density at radius 3 is 3.00 bits per heavy atom. The van der Waals surface area contributed by atoms with E-state index >= 15 is 0 Å². The molecular weight excluding hydrogens is 280 g/mol. The molecule has 0 atom stereocenters. The third kappa shape index (κ3) is 1.48. The van der Waals surface area contributed by atoms with Crippen molar-refractivity contribution < 1.29 is 0 Å². The summed E-state index contributed by atoms with van der Waals surface area (Å²) in [5, 5.41) is 5.33. The van der Waals surface area contributed by atoms with E-state index in [-0.39, 0.29) is 0 Å². The van der Waals surface area contributed by atoms with Crippen LogP contribution in [-0.4, -0.2) is 39.7 Å². The smallest absolute Gasteiger partial charge is 0.185 e. The van der Waals surface area contributed by atoms with Crippen LogP contribution in [0.3, 0.4) is 0 Å². The highest BCUT2D eigenvalue weighted by Gasteiger charge is 2.15. The Kier molecular flexibility index (Phi) is 2.21. The van der Waals surface area contributed by atoms with Gasteiger partial charge in [0, 0.05) is 0 Å². The van der Waals surface area contributed by atoms with Crippen LogP contribution in [0.5, 0.6) is 0 Å². The minimum atomic E-state index is 0.369. The van der Waals surface area contributed by atoms with E-state index in [4.69, 9.17) is 11.6 Å². The predicted octanol–water partition coefficient (Wildman–Crippen LogP) is 1.44. The summed E-state index contributed by atoms with van der Waals surface area (Å²) in [5.74, 6) is 1.14. The van der Waals surface area contributed by atoms with Crippen LogP contribution in [-0.2, 0) is 0 Å². The first-order chi connectivity index (χ1) is 9.74. The molecule has 0 bridgehead atoms. The summed E-state index contributed by atoms with van der Waals surface area (Å²) < 4.78 is 1.60. The maximum Gasteiger partial charge on any atom is 0.185 e. The van der Waals surface area contributed by atoms with E-state index < -0.39 is 0 Å². The topological polar surface area (TPSA) is 98.1 Å². The van der Waals surface area contributed by atoms with Crippen molar-refractivity contribution in [2.24, 2.45) is 0 Å². The van der Waals surface area contributed by atoms with Crippen molar-refractivity contribution in [3.63, 3.8) is 0 Å². The molecular formula is C11H7ClN8. The fourth-order valence-corrected chi connectivity index (χ4v) is 2.30. The van der Waals surface area contributed by atoms with Gasteiger partial charge >= 0.3 is 0 Å². The predicted molar refractivity (Wildman–Crippen MR) is 71.6 cm³/mol. The van der Waals surface area contributed by atoms with E-state index in [0.717, 1.165) is 0 Å². The molecule has 0 spiro atoms. The van der Waals surface area contributed by atoms with Crippen molar-refractivity contribution in [2.75, 3.05) is 0 Å². The van der Waals surface area contributed by atoms with E-state index in [9.17, 15) is 0 Å². The normalized spacial score (nSPS) is 11.5. The van der Waals surface area contributed by atoms with Gasteiger partial charge in [0.2, 0.25) is 0 Å². The van der Waals surface area contributed by atoms with Crippen LogP contribution in [0.25, 0.3) is 28.0 Å². The van der Waals surface area contributed by atoms with Gasteiger partial charge in [-0.15, -0.1) is 0 Å². The Balaban J connectivity index is 2.10. The number of hydrogen-bond donors (Lipinski definition) is 1. The van der Waals surface area contributed by atoms with Crippen LogP contribution in [0.15, 0.2) is 18.9 Å². The van der Waals surface area contributed by atoms with Crippen LogP contribution in [0.2, 0.25) is 5.15 Å². The number of aromatic nitrogens is 8. The van der Waals surface area contributed by atoms with Crippen molar-refractivity contribution in [1.29, 1.82) is 0 Å². The molecule has 4 heterocycles. The van der Waals surface area contributed by atoms with Crippen molar-refractivity contribution in [2.45, 2.75) is 6.92 Å². The SMILES string of the molecule is Cc1nc(Cl)c2cnn(-c3ncnc4nc[nH]c34)c2n1. The van der Waals surface area contributed by atoms with Crippen molar-refractivity contribution in [3.05, 3.63) is 29.8 Å². The summed E-state index contributed by atoms with van der Waals surface area (Å²) in [4.78, 5) is 23.9. The number of aromatic amines is 1. The zero-order chi connectivity index (χ0) is 13.7. The fraction of sp³-hybridized carbons (Fsp3) is 0.0909. The zero-order valence-corrected chi connectivity index (χ0v) is 11.0. The molecule has 0 radical (unpaired) electrons. The molecule has 0 unspecified atom stereocenters. The minimum absolute atomic E-state index is 0.369. The molecule has 98 valence electrons. The summed E-state index contributed by atoms with van der Waals surface area (Å²) in [7, 11) is 0. The molecule has 1 N–H and O–H groups in total. The molecule has 0 saturated carbocycles. The molecule has 0 aromatic carbocycles. The van der Waals surface area contributed by atoms with Crippen molar-refractivity contribution in [3.8, 4) is 5.82 Å². The second kappa shape index (κ2) is 3.94. The number of rotatable bonds is 1. The number of fused-ring (bicyclic) bond motifs is 2. The van der Waals surface area contributed by atoms with Gasteiger partial charge in [-0.2, -0.15) is 9.78 Å². The fourth-order valence-electron chi connectivity index (χ4n) is 2.04. The largest absolute Gasteiger partial charge is 0.340 e. The standard InChI is InChI=1S/C11H7ClN8/c1-5-18-8(12)6-2-17-20(10(6)19-5)11-7-9(14-3-13-7)15-4-16-11/h2-4H,1H3,(H,13,14,15,16). The first-order valence-corrected chi connectivity index (χ1v) is 6.14. The average Bonchev–Trinajstić information content (AvgIpc) is 3.03. The molecule has 9 heteroatoms. The van der Waals surface area contributed by atoms with Crippen LogP contribution in [0.4, 0.5) is 0 Å². The summed E-state index contributed by atoms with van der Waals surface area (Å²) in [6.45, 7) is 1.77. The maximum absolute atomic E-state index is 6.10. The summed E-state index contributed by atoms with van der Waals surface area (Å²) in [6, 6.07) is 0. The Morgan fingerprint density at radius 2 is 2.10 bits per heavy atom. The lowest BCUT2D eigenvalue weighted by atomic mass is 10.4. The summed E-state index contributed by atoms with van der Waals surface area (Å²) in [5.41, 5.74) is 1.84. The number of nitrogens with zero attached hydrogens (tertiary/aromatic N) is 7. The Hall–Kier alpha value is -2.61. The van der Waals surface area contributed by atoms with E-state index in [1.54, 1.807) is 24.1 Å². The van der Waals surface area contributed by atoms with Gasteiger partial charge in [0.1, 0.15) is 22.8 Å². The summed E-state index contributed by atoms with van der Waals surface area (Å²) in [6.07, 6.45) is 4.60. The highest BCUT2D eigenvalue weighted by Crippen LogP contribution is 2.23. The minimum Gasteiger partial charge on any atom is -0.340 e. The van der Waals surface area contributed by atoms with E-state index in [1.807, 2.05) is 0 Å². The Morgan fingerprint density at radius 1 is 1.20 bits per heavy atom. The molecule has 0 fully saturated rings. The van der Waals surface area contributed by atoms with E-state index in [0.29, 0.717) is 39.0 Å². The van der Waals surface area contributed by atoms with Crippen LogP contribution >= 0.6 is 11.6 Å². The number of halogens is 1. The van der Waals surface area contributed by atoms with Gasteiger partial charge in [-0.25, -0.2) is 24.9 Å². The molecule has 4 rings (SSSR count). The second-order valence-electron chi connectivity index (χ2n) is 4.15. The third-order valence-corrected chi connectivity index (χ3v) is 3.19. The Bertz CT molecular complexity index is 940. The first-order valence-electron chi connectivity index (χ1n) is 5.76. The second-order valence-corrected chi connectivity index (χ2v) is 4.51. The van der Waals surface area contributed by atoms with Gasteiger partial charge in [0.05, 0.1) is 17.9 Å². The molecule has 8 nitrogen and oxygen atoms in total. The molecule has 4 aromatic heterocycles. The van der Waals surface area contributed by atoms with Gasteiger partial charge in [0.25, 0.3) is 0 Å². The Labute approximate surface area is 116 Å². The van der Waals surface area contributed by atoms with E-state index in [1.165, 1.54) is 6.33 Å². The molecule has 0 aliphatic heterocycles. The van der Waals surface area contributed by atoms with Gasteiger partial charge < -0.3 is 4.98 Å². The third-order valence-electron chi connectivity index (χ3n) is 2.90. The molecule has 0 amide bonds. The molecule has 4 aromatic rings. The molecule has 0 aliphatic carbocycles. The maximum atomic E-state index is 6.10. The quantitative estimate of drug-likeness (QED) is 0.532. The molecule has 20 heavy (non-hydrogen) atoms. The number of hydrogen-bond acceptors (Lipinski definition) is 6. The van der Waals surface area contributed by atoms with Crippen molar-refractivity contribution in [1.82, 2.24) is 39.7 Å². The highest BCUT2D eigenvalue weighted by molar-refractivity contribution is 6.33. The van der Waals surface area contributed by atoms with Gasteiger partial charge in [0.15, 0.2) is 17.1 Å². The van der Waals surface area contributed by atoms with Crippen LogP contribution in [0, 0.1) is 6.92 Å². The summed E-state index contributed by atoms with van der Waals surface area (Å²) >= 11 is 6.10. The lowest BCUT2D eigenvalue weighted by Crippen LogP contribution is -2.03. The monoisotopic (exact) mass is 286 g/mol. The number of imidazole rings is 1. The molecule has 0 aliphatic rings. The highest BCUT2D eigenvalue weighted by atomic mass is 35.5. The van der Waals surface area contributed by atoms with Crippen molar-refractivity contribution >= 4 is 33.8 Å². The number of aryl methyl sites for hydroxylation is 1. The molecule has 0 saturated heterocycles. The van der Waals surface area contributed by atoms with Crippen LogP contribution < -0.4 is 0 Å². The average molecular weight is 287 g/mol. The van der Waals surface area contributed by atoms with Gasteiger partial charge in [-0.3, -0.25) is 0 Å². The van der Waals surface area contributed by atoms with Gasteiger partial charge in [-0.05, 0) is 6.92 Å². The zero-order valence-electron chi connectivity index (χ0n) is 10.2. The van der Waals surface area contributed by atoms with Gasteiger partial charge in [-0.1, -0.05) is 11.6 Å². The first kappa shape index (κ1) is 11.2. The lowest BCUT2D eigenvalue weighted by Gasteiger charge is -2.03. The van der Waals surface area contributed by atoms with E-state index in [2.05, 4.69) is 35.0 Å².